The minimum atomic E-state index is -1.30. The van der Waals surface area contributed by atoms with Crippen molar-refractivity contribution in [1.82, 2.24) is 0 Å². The van der Waals surface area contributed by atoms with E-state index >= 15 is 0 Å². The molecule has 1 rings (SSSR count). The summed E-state index contributed by atoms with van der Waals surface area (Å²) >= 11 is 5.43. The topological polar surface area (TPSA) is 66.5 Å². The van der Waals surface area contributed by atoms with Crippen molar-refractivity contribution < 1.29 is 14.6 Å². The summed E-state index contributed by atoms with van der Waals surface area (Å²) in [7, 11) is 0. The summed E-state index contributed by atoms with van der Waals surface area (Å²) in [6.07, 6.45) is -2.20. The average molecular weight is 248 g/mol. The first kappa shape index (κ1) is 13.2. The number of aryl methyl sites for hydroxylation is 1. The molecule has 0 spiro atoms. The van der Waals surface area contributed by atoms with Crippen LogP contribution < -0.4 is 5.73 Å². The summed E-state index contributed by atoms with van der Waals surface area (Å²) < 4.78 is 13.5. The third-order valence-corrected chi connectivity index (χ3v) is 2.69. The van der Waals surface area contributed by atoms with Crippen LogP contribution in [0.25, 0.3) is 0 Å². The van der Waals surface area contributed by atoms with Gasteiger partial charge in [-0.05, 0) is 31.0 Å². The van der Waals surface area contributed by atoms with Crippen LogP contribution in [0.15, 0.2) is 12.1 Å². The van der Waals surface area contributed by atoms with E-state index in [0.717, 1.165) is 0 Å². The molecule has 2 unspecified atom stereocenters. The van der Waals surface area contributed by atoms with E-state index in [1.807, 2.05) is 0 Å². The van der Waals surface area contributed by atoms with Gasteiger partial charge >= 0.3 is 0 Å². The number of benzene rings is 1. The van der Waals surface area contributed by atoms with Gasteiger partial charge in [0.15, 0.2) is 0 Å². The highest BCUT2D eigenvalue weighted by atomic mass is 35.5. The molecule has 0 saturated carbocycles. The highest BCUT2D eigenvalue weighted by Crippen LogP contribution is 2.26. The van der Waals surface area contributed by atoms with Crippen LogP contribution in [0.1, 0.15) is 23.7 Å². The molecule has 0 bridgehead atoms. The number of rotatable bonds is 4. The second-order valence-corrected chi connectivity index (χ2v) is 4.10. The Morgan fingerprint density at radius 1 is 1.44 bits per heavy atom. The van der Waals surface area contributed by atoms with Gasteiger partial charge in [-0.2, -0.15) is 0 Å². The largest absolute Gasteiger partial charge is 0.399 e. The lowest BCUT2D eigenvalue weighted by molar-refractivity contribution is 0.0149. The molecule has 0 fully saturated rings. The van der Waals surface area contributed by atoms with Crippen molar-refractivity contribution in [1.29, 1.82) is 0 Å². The number of halogens is 2. The first-order chi connectivity index (χ1) is 7.47. The van der Waals surface area contributed by atoms with Gasteiger partial charge in [-0.25, -0.2) is 4.39 Å². The molecule has 1 aromatic rings. The number of aliphatic hydroxyl groups is 2. The van der Waals surface area contributed by atoms with Gasteiger partial charge in [-0.3, -0.25) is 0 Å². The van der Waals surface area contributed by atoms with Crippen molar-refractivity contribution in [2.24, 2.45) is 0 Å². The fourth-order valence-electron chi connectivity index (χ4n) is 1.41. The molecule has 2 atom stereocenters. The third-order valence-electron chi connectivity index (χ3n) is 2.47. The van der Waals surface area contributed by atoms with Crippen LogP contribution in [-0.2, 0) is 0 Å². The van der Waals surface area contributed by atoms with Gasteiger partial charge in [0.25, 0.3) is 0 Å². The predicted molar refractivity (Wildman–Crippen MR) is 61.9 cm³/mol. The molecular weight excluding hydrogens is 233 g/mol. The van der Waals surface area contributed by atoms with Crippen molar-refractivity contribution in [2.75, 3.05) is 11.6 Å². The third kappa shape index (κ3) is 2.84. The SMILES string of the molecule is Cc1cc(F)c(C(O)C(O)CCCl)cc1N. The first-order valence-electron chi connectivity index (χ1n) is 4.95. The highest BCUT2D eigenvalue weighted by molar-refractivity contribution is 6.17. The zero-order valence-electron chi connectivity index (χ0n) is 8.95. The number of hydrogen-bond donors (Lipinski definition) is 3. The highest BCUT2D eigenvalue weighted by Gasteiger charge is 2.21. The number of hydrogen-bond acceptors (Lipinski definition) is 3. The number of nitrogens with two attached hydrogens (primary N) is 1. The summed E-state index contributed by atoms with van der Waals surface area (Å²) in [5, 5.41) is 19.2. The van der Waals surface area contributed by atoms with Crippen molar-refractivity contribution in [3.63, 3.8) is 0 Å². The maximum atomic E-state index is 13.5. The fourth-order valence-corrected chi connectivity index (χ4v) is 1.63. The van der Waals surface area contributed by atoms with Crippen LogP contribution >= 0.6 is 11.6 Å². The fraction of sp³-hybridized carbons (Fsp3) is 0.455. The molecule has 0 saturated heterocycles. The Morgan fingerprint density at radius 3 is 2.62 bits per heavy atom. The van der Waals surface area contributed by atoms with Crippen molar-refractivity contribution >= 4 is 17.3 Å². The number of aliphatic hydroxyl groups excluding tert-OH is 2. The van der Waals surface area contributed by atoms with Crippen LogP contribution in [0.2, 0.25) is 0 Å². The number of anilines is 1. The smallest absolute Gasteiger partial charge is 0.129 e. The summed E-state index contributed by atoms with van der Waals surface area (Å²) in [6.45, 7) is 1.67. The molecule has 0 amide bonds. The zero-order chi connectivity index (χ0) is 12.3. The van der Waals surface area contributed by atoms with Gasteiger partial charge in [0, 0.05) is 17.1 Å². The Bertz CT molecular complexity index is 373. The maximum Gasteiger partial charge on any atom is 0.129 e. The molecule has 0 aromatic heterocycles. The van der Waals surface area contributed by atoms with Gasteiger partial charge < -0.3 is 15.9 Å². The summed E-state index contributed by atoms with van der Waals surface area (Å²) in [4.78, 5) is 0. The molecule has 0 aliphatic heterocycles. The minimum Gasteiger partial charge on any atom is -0.399 e. The van der Waals surface area contributed by atoms with Gasteiger partial charge in [0.1, 0.15) is 11.9 Å². The van der Waals surface area contributed by atoms with E-state index in [2.05, 4.69) is 0 Å². The molecule has 3 nitrogen and oxygen atoms in total. The van der Waals surface area contributed by atoms with Crippen LogP contribution in [0, 0.1) is 12.7 Å². The standard InChI is InChI=1S/C11H15ClFNO2/c1-6-4-8(13)7(5-9(6)14)11(16)10(15)2-3-12/h4-5,10-11,15-16H,2-3,14H2,1H3. The van der Waals surface area contributed by atoms with Crippen molar-refractivity contribution in [2.45, 2.75) is 25.6 Å². The predicted octanol–water partition coefficient (Wildman–Crippen LogP) is 1.74. The summed E-state index contributed by atoms with van der Waals surface area (Å²) in [5.41, 5.74) is 6.60. The minimum absolute atomic E-state index is 0.000664. The van der Waals surface area contributed by atoms with Crippen molar-refractivity contribution in [3.8, 4) is 0 Å². The van der Waals surface area contributed by atoms with E-state index in [9.17, 15) is 14.6 Å². The molecule has 1 aromatic carbocycles. The zero-order valence-corrected chi connectivity index (χ0v) is 9.71. The van der Waals surface area contributed by atoms with E-state index in [1.54, 1.807) is 6.92 Å². The molecule has 0 heterocycles. The Kier molecular flexibility index (Phi) is 4.53. The van der Waals surface area contributed by atoms with Gasteiger partial charge in [-0.1, -0.05) is 0 Å². The molecule has 0 radical (unpaired) electrons. The monoisotopic (exact) mass is 247 g/mol. The number of nitrogen functional groups attached to an aromatic ring is 1. The van der Waals surface area contributed by atoms with Gasteiger partial charge in [0.05, 0.1) is 6.10 Å². The number of alkyl halides is 1. The van der Waals surface area contributed by atoms with Gasteiger partial charge in [0.2, 0.25) is 0 Å². The normalized spacial score (nSPS) is 14.8. The summed E-state index contributed by atoms with van der Waals surface area (Å²) in [6, 6.07) is 2.58. The van der Waals surface area contributed by atoms with E-state index in [0.29, 0.717) is 11.3 Å². The lowest BCUT2D eigenvalue weighted by atomic mass is 10.00. The molecular formula is C11H15ClFNO2. The Labute approximate surface area is 98.7 Å². The lowest BCUT2D eigenvalue weighted by Gasteiger charge is -2.18. The van der Waals surface area contributed by atoms with E-state index in [1.165, 1.54) is 12.1 Å². The molecule has 5 heteroatoms. The first-order valence-corrected chi connectivity index (χ1v) is 5.48. The maximum absolute atomic E-state index is 13.5. The quantitative estimate of drug-likeness (QED) is 0.561. The van der Waals surface area contributed by atoms with E-state index in [-0.39, 0.29) is 17.9 Å². The second-order valence-electron chi connectivity index (χ2n) is 3.72. The Morgan fingerprint density at radius 2 is 2.06 bits per heavy atom. The van der Waals surface area contributed by atoms with E-state index < -0.39 is 18.0 Å². The lowest BCUT2D eigenvalue weighted by Crippen LogP contribution is -2.20. The average Bonchev–Trinajstić information content (AvgIpc) is 2.23. The Hall–Kier alpha value is -0.840. The van der Waals surface area contributed by atoms with Crippen LogP contribution in [0.3, 0.4) is 0 Å². The molecule has 16 heavy (non-hydrogen) atoms. The molecule has 90 valence electrons. The van der Waals surface area contributed by atoms with Crippen LogP contribution in [0.5, 0.6) is 0 Å². The van der Waals surface area contributed by atoms with E-state index in [4.69, 9.17) is 17.3 Å². The van der Waals surface area contributed by atoms with Crippen molar-refractivity contribution in [3.05, 3.63) is 29.1 Å². The molecule has 0 aliphatic rings. The Balaban J connectivity index is 2.99. The van der Waals surface area contributed by atoms with Gasteiger partial charge in [-0.15, -0.1) is 11.6 Å². The summed E-state index contributed by atoms with van der Waals surface area (Å²) in [5.74, 6) is -0.380. The molecule has 4 N–H and O–H groups in total. The molecule has 0 aliphatic carbocycles. The second kappa shape index (κ2) is 5.48. The van der Waals surface area contributed by atoms with Crippen LogP contribution in [0.4, 0.5) is 10.1 Å². The van der Waals surface area contributed by atoms with Crippen LogP contribution in [-0.4, -0.2) is 22.2 Å².